The maximum Gasteiger partial charge on any atom is 0.242 e. The molecule has 1 aliphatic carbocycles. The van der Waals surface area contributed by atoms with Gasteiger partial charge in [-0.15, -0.1) is 11.8 Å². The Morgan fingerprint density at radius 3 is 2.67 bits per heavy atom. The zero-order chi connectivity index (χ0) is 19.2. The molecular weight excluding hydrogens is 356 g/mol. The Morgan fingerprint density at radius 2 is 1.93 bits per heavy atom. The highest BCUT2D eigenvalue weighted by Crippen LogP contribution is 2.52. The molecule has 2 fully saturated rings. The molecule has 2 heterocycles. The summed E-state index contributed by atoms with van der Waals surface area (Å²) in [4.78, 5) is 29.6. The molecule has 1 aromatic rings. The third kappa shape index (κ3) is 3.66. The average molecular weight is 385 g/mol. The molecule has 1 aromatic carbocycles. The second kappa shape index (κ2) is 6.69. The summed E-state index contributed by atoms with van der Waals surface area (Å²) in [5.74, 6) is 0.504. The quantitative estimate of drug-likeness (QED) is 0.791. The highest BCUT2D eigenvalue weighted by Gasteiger charge is 2.51. The number of carbonyl (C=O) groups excluding carboxylic acids is 2. The van der Waals surface area contributed by atoms with Gasteiger partial charge in [0.2, 0.25) is 11.8 Å². The Bertz CT molecular complexity index is 789. The largest absolute Gasteiger partial charge is 0.338 e. The number of fused-ring (bicyclic) bond motifs is 2. The van der Waals surface area contributed by atoms with Crippen LogP contribution >= 0.6 is 11.8 Å². The van der Waals surface area contributed by atoms with Crippen LogP contribution in [0.3, 0.4) is 0 Å². The van der Waals surface area contributed by atoms with Crippen LogP contribution in [0.15, 0.2) is 35.7 Å². The number of carbonyl (C=O) groups is 2. The van der Waals surface area contributed by atoms with E-state index < -0.39 is 0 Å². The number of benzene rings is 1. The fraction of sp³-hybridized carbons (Fsp3) is 0.545. The summed E-state index contributed by atoms with van der Waals surface area (Å²) in [6.07, 6.45) is 3.31. The third-order valence-corrected chi connectivity index (χ3v) is 6.90. The maximum absolute atomic E-state index is 13.2. The highest BCUT2D eigenvalue weighted by molar-refractivity contribution is 8.03. The van der Waals surface area contributed by atoms with E-state index in [1.54, 1.807) is 4.90 Å². The van der Waals surface area contributed by atoms with E-state index in [1.807, 2.05) is 35.7 Å². The van der Waals surface area contributed by atoms with Gasteiger partial charge in [0.25, 0.3) is 0 Å². The molecule has 3 aliphatic rings. The van der Waals surface area contributed by atoms with Crippen LogP contribution in [0.1, 0.15) is 45.6 Å². The first-order valence-corrected chi connectivity index (χ1v) is 10.8. The van der Waals surface area contributed by atoms with Crippen LogP contribution in [0.5, 0.6) is 0 Å². The van der Waals surface area contributed by atoms with Crippen LogP contribution in [0.4, 0.5) is 0 Å². The molecule has 2 amide bonds. The van der Waals surface area contributed by atoms with Crippen molar-refractivity contribution in [3.63, 3.8) is 0 Å². The van der Waals surface area contributed by atoms with Gasteiger partial charge in [-0.3, -0.25) is 9.59 Å². The number of nitrogens with zero attached hydrogens (tertiary/aromatic N) is 2. The molecule has 1 saturated carbocycles. The second-order valence-corrected chi connectivity index (χ2v) is 10.3. The summed E-state index contributed by atoms with van der Waals surface area (Å²) in [6.45, 7) is 7.90. The van der Waals surface area contributed by atoms with Crippen LogP contribution in [-0.4, -0.2) is 46.5 Å². The van der Waals surface area contributed by atoms with Gasteiger partial charge >= 0.3 is 0 Å². The fourth-order valence-electron chi connectivity index (χ4n) is 5.45. The monoisotopic (exact) mass is 384 g/mol. The van der Waals surface area contributed by atoms with Gasteiger partial charge in [-0.2, -0.15) is 0 Å². The molecule has 2 aliphatic heterocycles. The summed E-state index contributed by atoms with van der Waals surface area (Å²) < 4.78 is 0. The molecule has 1 saturated heterocycles. The molecule has 4 rings (SSSR count). The van der Waals surface area contributed by atoms with Gasteiger partial charge in [-0.05, 0) is 41.1 Å². The SMILES string of the molecule is CC1(C)CC2CC(C)(CN2C(=O)CN2C(=O)CSC=C2c2ccccc2)C1. The van der Waals surface area contributed by atoms with E-state index in [1.165, 1.54) is 11.8 Å². The molecule has 4 nitrogen and oxygen atoms in total. The van der Waals surface area contributed by atoms with Crippen LogP contribution < -0.4 is 0 Å². The highest BCUT2D eigenvalue weighted by atomic mass is 32.2. The van der Waals surface area contributed by atoms with Crippen molar-refractivity contribution in [2.45, 2.75) is 46.1 Å². The summed E-state index contributed by atoms with van der Waals surface area (Å²) in [5.41, 5.74) is 2.32. The predicted molar refractivity (Wildman–Crippen MR) is 110 cm³/mol. The van der Waals surface area contributed by atoms with E-state index in [9.17, 15) is 9.59 Å². The van der Waals surface area contributed by atoms with Crippen molar-refractivity contribution in [2.75, 3.05) is 18.8 Å². The maximum atomic E-state index is 13.2. The molecule has 2 unspecified atom stereocenters. The Morgan fingerprint density at radius 1 is 1.19 bits per heavy atom. The predicted octanol–water partition coefficient (Wildman–Crippen LogP) is 3.99. The smallest absolute Gasteiger partial charge is 0.242 e. The van der Waals surface area contributed by atoms with Gasteiger partial charge in [-0.1, -0.05) is 51.1 Å². The minimum atomic E-state index is 0.0170. The minimum absolute atomic E-state index is 0.0170. The summed E-state index contributed by atoms with van der Waals surface area (Å²) in [7, 11) is 0. The Kier molecular flexibility index (Phi) is 4.61. The zero-order valence-corrected chi connectivity index (χ0v) is 17.2. The number of thioether (sulfide) groups is 1. The lowest BCUT2D eigenvalue weighted by Gasteiger charge is -2.39. The van der Waals surface area contributed by atoms with Crippen molar-refractivity contribution in [3.05, 3.63) is 41.3 Å². The zero-order valence-electron chi connectivity index (χ0n) is 16.4. The Balaban J connectivity index is 1.54. The molecule has 27 heavy (non-hydrogen) atoms. The van der Waals surface area contributed by atoms with Crippen molar-refractivity contribution in [3.8, 4) is 0 Å². The van der Waals surface area contributed by atoms with Crippen molar-refractivity contribution in [1.29, 1.82) is 0 Å². The molecular formula is C22H28N2O2S. The van der Waals surface area contributed by atoms with Crippen LogP contribution in [-0.2, 0) is 9.59 Å². The van der Waals surface area contributed by atoms with Crippen molar-refractivity contribution in [1.82, 2.24) is 9.80 Å². The number of hydrogen-bond acceptors (Lipinski definition) is 3. The Labute approximate surface area is 166 Å². The van der Waals surface area contributed by atoms with E-state index in [-0.39, 0.29) is 29.2 Å². The van der Waals surface area contributed by atoms with Crippen LogP contribution in [0.25, 0.3) is 5.70 Å². The summed E-state index contributed by atoms with van der Waals surface area (Å²) in [5, 5.41) is 2.01. The van der Waals surface area contributed by atoms with Crippen LogP contribution in [0.2, 0.25) is 0 Å². The topological polar surface area (TPSA) is 40.6 Å². The summed E-state index contributed by atoms with van der Waals surface area (Å²) >= 11 is 1.51. The van der Waals surface area contributed by atoms with Gasteiger partial charge in [-0.25, -0.2) is 0 Å². The molecule has 2 bridgehead atoms. The van der Waals surface area contributed by atoms with Crippen molar-refractivity contribution >= 4 is 29.3 Å². The second-order valence-electron chi connectivity index (χ2n) is 9.40. The molecule has 5 heteroatoms. The van der Waals surface area contributed by atoms with Gasteiger partial charge < -0.3 is 9.80 Å². The Hall–Kier alpha value is -1.75. The third-order valence-electron chi connectivity index (χ3n) is 6.09. The average Bonchev–Trinajstić information content (AvgIpc) is 2.86. The number of rotatable bonds is 3. The van der Waals surface area contributed by atoms with E-state index in [0.717, 1.165) is 37.1 Å². The first kappa shape index (κ1) is 18.6. The number of likely N-dealkylation sites (tertiary alicyclic amines) is 1. The number of amides is 2. The molecule has 144 valence electrons. The first-order valence-electron chi connectivity index (χ1n) is 9.73. The molecule has 0 spiro atoms. The lowest BCUT2D eigenvalue weighted by molar-refractivity contribution is -0.137. The van der Waals surface area contributed by atoms with Gasteiger partial charge in [0, 0.05) is 12.6 Å². The number of hydrogen-bond donors (Lipinski definition) is 0. The molecule has 0 aromatic heterocycles. The van der Waals surface area contributed by atoms with Crippen molar-refractivity contribution < 1.29 is 9.59 Å². The lowest BCUT2D eigenvalue weighted by atomic mass is 9.65. The van der Waals surface area contributed by atoms with E-state index in [4.69, 9.17) is 0 Å². The molecule has 0 radical (unpaired) electrons. The van der Waals surface area contributed by atoms with E-state index >= 15 is 0 Å². The summed E-state index contributed by atoms with van der Waals surface area (Å²) in [6, 6.07) is 10.2. The van der Waals surface area contributed by atoms with Gasteiger partial charge in [0.1, 0.15) is 6.54 Å². The van der Waals surface area contributed by atoms with Crippen LogP contribution in [0, 0.1) is 10.8 Å². The standard InChI is InChI=1S/C22H28N2O2S/c1-21(2)9-17-10-22(3,14-21)15-24(17)19(25)11-23-18(12-27-13-20(23)26)16-7-5-4-6-8-16/h4-8,12,17H,9-11,13-15H2,1-3H3. The first-order chi connectivity index (χ1) is 12.8. The van der Waals surface area contributed by atoms with Gasteiger partial charge in [0.05, 0.1) is 11.4 Å². The van der Waals surface area contributed by atoms with E-state index in [2.05, 4.69) is 25.7 Å². The normalized spacial score (nSPS) is 29.7. The minimum Gasteiger partial charge on any atom is -0.338 e. The fourth-order valence-corrected chi connectivity index (χ4v) is 6.25. The van der Waals surface area contributed by atoms with Crippen molar-refractivity contribution in [2.24, 2.45) is 10.8 Å². The molecule has 2 atom stereocenters. The molecule has 0 N–H and O–H groups in total. The van der Waals surface area contributed by atoms with Gasteiger partial charge in [0.15, 0.2) is 0 Å². The van der Waals surface area contributed by atoms with E-state index in [0.29, 0.717) is 11.8 Å². The lowest BCUT2D eigenvalue weighted by Crippen LogP contribution is -2.45.